The zero-order chi connectivity index (χ0) is 15.0. The van der Waals surface area contributed by atoms with Gasteiger partial charge in [0, 0.05) is 17.5 Å². The van der Waals surface area contributed by atoms with Crippen molar-refractivity contribution in [3.05, 3.63) is 46.3 Å². The van der Waals surface area contributed by atoms with Crippen LogP contribution in [0.25, 0.3) is 22.4 Å². The minimum absolute atomic E-state index is 0.170. The van der Waals surface area contributed by atoms with Crippen LogP contribution in [-0.4, -0.2) is 5.16 Å². The SMILES string of the molecule is CCc1occc1-c1noc(N)c1-c1c(Cl)cccc1Cl. The number of rotatable bonds is 3. The Kier molecular flexibility index (Phi) is 3.66. The summed E-state index contributed by atoms with van der Waals surface area (Å²) in [4.78, 5) is 0. The van der Waals surface area contributed by atoms with Crippen molar-refractivity contribution in [2.75, 3.05) is 5.73 Å². The molecule has 2 heterocycles. The van der Waals surface area contributed by atoms with Crippen LogP contribution in [0, 0.1) is 0 Å². The minimum Gasteiger partial charge on any atom is -0.469 e. The van der Waals surface area contributed by atoms with Gasteiger partial charge in [-0.1, -0.05) is 41.3 Å². The number of nitrogens with two attached hydrogens (primary N) is 1. The molecule has 0 saturated carbocycles. The Morgan fingerprint density at radius 3 is 2.52 bits per heavy atom. The molecule has 2 aromatic heterocycles. The van der Waals surface area contributed by atoms with Gasteiger partial charge in [-0.3, -0.25) is 0 Å². The van der Waals surface area contributed by atoms with Crippen LogP contribution in [0.5, 0.6) is 0 Å². The lowest BCUT2D eigenvalue weighted by molar-refractivity contribution is 0.439. The maximum Gasteiger partial charge on any atom is 0.230 e. The van der Waals surface area contributed by atoms with Crippen molar-refractivity contribution < 1.29 is 8.94 Å². The largest absolute Gasteiger partial charge is 0.469 e. The summed E-state index contributed by atoms with van der Waals surface area (Å²) in [6.07, 6.45) is 2.34. The van der Waals surface area contributed by atoms with E-state index < -0.39 is 0 Å². The van der Waals surface area contributed by atoms with Gasteiger partial charge in [0.1, 0.15) is 11.5 Å². The van der Waals surface area contributed by atoms with Gasteiger partial charge in [-0.15, -0.1) is 0 Å². The van der Waals surface area contributed by atoms with Crippen molar-refractivity contribution in [3.8, 4) is 22.4 Å². The van der Waals surface area contributed by atoms with E-state index in [9.17, 15) is 0 Å². The molecule has 0 aliphatic heterocycles. The lowest BCUT2D eigenvalue weighted by atomic mass is 10.0. The summed E-state index contributed by atoms with van der Waals surface area (Å²) >= 11 is 12.5. The molecule has 0 unspecified atom stereocenters. The third-order valence-electron chi connectivity index (χ3n) is 3.25. The van der Waals surface area contributed by atoms with Crippen molar-refractivity contribution in [1.29, 1.82) is 0 Å². The van der Waals surface area contributed by atoms with E-state index >= 15 is 0 Å². The van der Waals surface area contributed by atoms with Gasteiger partial charge >= 0.3 is 0 Å². The van der Waals surface area contributed by atoms with Gasteiger partial charge in [0.05, 0.1) is 21.9 Å². The highest BCUT2D eigenvalue weighted by molar-refractivity contribution is 6.39. The molecular weight excluding hydrogens is 311 g/mol. The van der Waals surface area contributed by atoms with Crippen molar-refractivity contribution >= 4 is 29.1 Å². The first-order chi connectivity index (χ1) is 10.1. The van der Waals surface area contributed by atoms with E-state index in [1.54, 1.807) is 24.5 Å². The molecule has 0 radical (unpaired) electrons. The van der Waals surface area contributed by atoms with E-state index in [1.165, 1.54) is 0 Å². The molecule has 3 rings (SSSR count). The minimum atomic E-state index is 0.170. The number of hydrogen-bond acceptors (Lipinski definition) is 4. The number of aromatic nitrogens is 1. The number of halogens is 2. The summed E-state index contributed by atoms with van der Waals surface area (Å²) in [6.45, 7) is 1.99. The summed E-state index contributed by atoms with van der Waals surface area (Å²) in [7, 11) is 0. The summed E-state index contributed by atoms with van der Waals surface area (Å²) in [5, 5.41) is 5.02. The number of furan rings is 1. The van der Waals surface area contributed by atoms with Gasteiger partial charge in [-0.05, 0) is 18.2 Å². The van der Waals surface area contributed by atoms with E-state index in [4.69, 9.17) is 37.9 Å². The van der Waals surface area contributed by atoms with Crippen LogP contribution in [0.3, 0.4) is 0 Å². The second-order valence-electron chi connectivity index (χ2n) is 4.48. The second kappa shape index (κ2) is 5.47. The highest BCUT2D eigenvalue weighted by Crippen LogP contribution is 2.44. The van der Waals surface area contributed by atoms with Crippen LogP contribution in [0.2, 0.25) is 10.0 Å². The molecule has 0 bridgehead atoms. The maximum absolute atomic E-state index is 6.27. The topological polar surface area (TPSA) is 65.2 Å². The standard InChI is InChI=1S/C15H12Cl2N2O2/c1-2-11-8(6-7-20-11)14-13(15(18)21-19-14)12-9(16)4-3-5-10(12)17/h3-7H,2,18H2,1H3. The molecule has 0 amide bonds. The van der Waals surface area contributed by atoms with Crippen molar-refractivity contribution in [2.24, 2.45) is 0 Å². The van der Waals surface area contributed by atoms with Gasteiger partial charge < -0.3 is 14.7 Å². The molecule has 0 aliphatic rings. The first-order valence-corrected chi connectivity index (χ1v) is 7.15. The molecule has 4 nitrogen and oxygen atoms in total. The zero-order valence-corrected chi connectivity index (χ0v) is 12.7. The molecule has 3 aromatic rings. The number of benzene rings is 1. The fourth-order valence-electron chi connectivity index (χ4n) is 2.29. The van der Waals surface area contributed by atoms with E-state index in [-0.39, 0.29) is 5.88 Å². The molecular formula is C15H12Cl2N2O2. The Bertz CT molecular complexity index is 773. The van der Waals surface area contributed by atoms with Crippen molar-refractivity contribution in [1.82, 2.24) is 5.16 Å². The Morgan fingerprint density at radius 2 is 1.86 bits per heavy atom. The Balaban J connectivity index is 2.28. The average molecular weight is 323 g/mol. The van der Waals surface area contributed by atoms with Gasteiger partial charge in [0.25, 0.3) is 0 Å². The van der Waals surface area contributed by atoms with Gasteiger partial charge in [-0.25, -0.2) is 0 Å². The second-order valence-corrected chi connectivity index (χ2v) is 5.29. The number of nitrogen functional groups attached to an aromatic ring is 1. The van der Waals surface area contributed by atoms with Crippen LogP contribution in [0.1, 0.15) is 12.7 Å². The monoisotopic (exact) mass is 322 g/mol. The van der Waals surface area contributed by atoms with E-state index in [0.717, 1.165) is 17.7 Å². The number of nitrogens with zero attached hydrogens (tertiary/aromatic N) is 1. The molecule has 1 aromatic carbocycles. The third-order valence-corrected chi connectivity index (χ3v) is 3.88. The summed E-state index contributed by atoms with van der Waals surface area (Å²) in [5.41, 5.74) is 8.53. The Hall–Kier alpha value is -1.91. The first-order valence-electron chi connectivity index (χ1n) is 6.39. The van der Waals surface area contributed by atoms with Crippen LogP contribution in [0.4, 0.5) is 5.88 Å². The van der Waals surface area contributed by atoms with Gasteiger partial charge in [-0.2, -0.15) is 0 Å². The fraction of sp³-hybridized carbons (Fsp3) is 0.133. The molecule has 108 valence electrons. The molecule has 0 aliphatic carbocycles. The lowest BCUT2D eigenvalue weighted by Gasteiger charge is -2.07. The highest BCUT2D eigenvalue weighted by atomic mass is 35.5. The fourth-order valence-corrected chi connectivity index (χ4v) is 2.88. The van der Waals surface area contributed by atoms with E-state index in [2.05, 4.69) is 5.16 Å². The van der Waals surface area contributed by atoms with Crippen molar-refractivity contribution in [3.63, 3.8) is 0 Å². The first kappa shape index (κ1) is 14.0. The van der Waals surface area contributed by atoms with Gasteiger partial charge in [0.15, 0.2) is 0 Å². The van der Waals surface area contributed by atoms with E-state index in [0.29, 0.717) is 26.9 Å². The Morgan fingerprint density at radius 1 is 1.14 bits per heavy atom. The van der Waals surface area contributed by atoms with Crippen LogP contribution >= 0.6 is 23.2 Å². The summed E-state index contributed by atoms with van der Waals surface area (Å²) in [5.74, 6) is 0.968. The van der Waals surface area contributed by atoms with Crippen molar-refractivity contribution in [2.45, 2.75) is 13.3 Å². The average Bonchev–Trinajstić information content (AvgIpc) is 3.06. The predicted octanol–water partition coefficient (Wildman–Crippen LogP) is 5.05. The molecule has 21 heavy (non-hydrogen) atoms. The van der Waals surface area contributed by atoms with E-state index in [1.807, 2.05) is 13.0 Å². The van der Waals surface area contributed by atoms with Crippen LogP contribution in [-0.2, 0) is 6.42 Å². The summed E-state index contributed by atoms with van der Waals surface area (Å²) in [6, 6.07) is 7.08. The van der Waals surface area contributed by atoms with Gasteiger partial charge in [0.2, 0.25) is 5.88 Å². The molecule has 0 fully saturated rings. The molecule has 0 saturated heterocycles. The molecule has 6 heteroatoms. The number of hydrogen-bond donors (Lipinski definition) is 1. The third kappa shape index (κ3) is 2.30. The predicted molar refractivity (Wildman–Crippen MR) is 83.5 cm³/mol. The molecule has 0 spiro atoms. The number of anilines is 1. The highest BCUT2D eigenvalue weighted by Gasteiger charge is 2.24. The maximum atomic E-state index is 6.27. The molecule has 0 atom stereocenters. The number of aryl methyl sites for hydroxylation is 1. The molecule has 2 N–H and O–H groups in total. The normalized spacial score (nSPS) is 11.0. The Labute approximate surface area is 131 Å². The van der Waals surface area contributed by atoms with Crippen LogP contribution in [0.15, 0.2) is 39.5 Å². The quantitative estimate of drug-likeness (QED) is 0.732. The summed E-state index contributed by atoms with van der Waals surface area (Å²) < 4.78 is 10.6. The van der Waals surface area contributed by atoms with Crippen LogP contribution < -0.4 is 5.73 Å². The smallest absolute Gasteiger partial charge is 0.230 e. The lowest BCUT2D eigenvalue weighted by Crippen LogP contribution is -1.90. The zero-order valence-electron chi connectivity index (χ0n) is 11.2.